The summed E-state index contributed by atoms with van der Waals surface area (Å²) in [6.07, 6.45) is 3.62. The summed E-state index contributed by atoms with van der Waals surface area (Å²) in [6, 6.07) is 43.3. The maximum absolute atomic E-state index is 6.43. The molecule has 0 N–H and O–H groups in total. The summed E-state index contributed by atoms with van der Waals surface area (Å²) in [4.78, 5) is 14.0. The van der Waals surface area contributed by atoms with Gasteiger partial charge < -0.3 is 0 Å². The largest absolute Gasteiger partial charge is 0.256 e. The Hall–Kier alpha value is -4.83. The van der Waals surface area contributed by atoms with E-state index in [2.05, 4.69) is 64.6 Å². The average molecular weight is 581 g/mol. The number of hydrogen-bond donors (Lipinski definition) is 0. The Balaban J connectivity index is 1.24. The molecule has 0 saturated carbocycles. The fourth-order valence-electron chi connectivity index (χ4n) is 4.70. The van der Waals surface area contributed by atoms with Crippen molar-refractivity contribution in [2.75, 3.05) is 0 Å². The van der Waals surface area contributed by atoms with Gasteiger partial charge in [0, 0.05) is 6.20 Å². The summed E-state index contributed by atoms with van der Waals surface area (Å²) in [5.74, 6) is 1.50. The first kappa shape index (κ1) is 24.2. The van der Waals surface area contributed by atoms with Gasteiger partial charge in [0.1, 0.15) is 0 Å². The number of ether oxygens (including phenoxy) is 1. The van der Waals surface area contributed by atoms with E-state index < -0.39 is 0 Å². The van der Waals surface area contributed by atoms with Crippen molar-refractivity contribution < 1.29 is 4.74 Å². The maximum atomic E-state index is 6.43. The maximum Gasteiger partial charge on any atom is 0.0275 e. The van der Waals surface area contributed by atoms with Crippen molar-refractivity contribution in [3.05, 3.63) is 140 Å². The number of nitrogens with zero attached hydrogens (tertiary/aromatic N) is 3. The fraction of sp³-hybridized carbons (Fsp3) is 0. The number of fused-ring (bicyclic) bond motifs is 1. The van der Waals surface area contributed by atoms with Crippen LogP contribution in [0.1, 0.15) is 0 Å². The van der Waals surface area contributed by atoms with Crippen molar-refractivity contribution in [3.63, 3.8) is 0 Å². The second-order valence-corrected chi connectivity index (χ2v) is 11.5. The molecule has 0 saturated heterocycles. The molecule has 7 aromatic rings. The summed E-state index contributed by atoms with van der Waals surface area (Å²) in [5, 5.41) is 0. The van der Waals surface area contributed by atoms with Crippen LogP contribution in [0.15, 0.2) is 140 Å². The minimum atomic E-state index is 0.224. The Morgan fingerprint density at radius 2 is 1.15 bits per heavy atom. The van der Waals surface area contributed by atoms with E-state index in [1.165, 1.54) is 14.4 Å². The molecule has 4 nitrogen and oxygen atoms in total. The van der Waals surface area contributed by atoms with E-state index in [0.29, 0.717) is 0 Å². The summed E-state index contributed by atoms with van der Waals surface area (Å²) in [5.41, 5.74) is 8.25. The molecular weight excluding hydrogens is 557 g/mol. The number of hydrogen-bond acceptors (Lipinski definition) is 4. The van der Waals surface area contributed by atoms with Crippen molar-refractivity contribution >= 4 is 24.3 Å². The third-order valence-electron chi connectivity index (χ3n) is 6.66. The van der Waals surface area contributed by atoms with Gasteiger partial charge in [0.25, 0.3) is 0 Å². The van der Waals surface area contributed by atoms with Crippen LogP contribution in [-0.4, -0.2) is 29.5 Å². The van der Waals surface area contributed by atoms with Crippen molar-refractivity contribution in [2.45, 2.75) is 0 Å². The molecule has 0 aliphatic rings. The Morgan fingerprint density at radius 3 is 1.90 bits per heavy atom. The fourth-order valence-corrected chi connectivity index (χ4v) is 6.73. The van der Waals surface area contributed by atoms with Gasteiger partial charge in [0.15, 0.2) is 0 Å². The molecule has 0 fully saturated rings. The van der Waals surface area contributed by atoms with Crippen LogP contribution in [0.25, 0.3) is 53.5 Å². The minimum Gasteiger partial charge on any atom is -0.256 e. The van der Waals surface area contributed by atoms with Gasteiger partial charge in [-0.25, -0.2) is 0 Å². The van der Waals surface area contributed by atoms with E-state index in [9.17, 15) is 0 Å². The molecule has 190 valence electrons. The topological polar surface area (TPSA) is 47.9 Å². The van der Waals surface area contributed by atoms with Gasteiger partial charge >= 0.3 is 198 Å². The molecule has 0 aliphatic carbocycles. The van der Waals surface area contributed by atoms with E-state index in [-0.39, 0.29) is 14.5 Å². The zero-order valence-corrected chi connectivity index (χ0v) is 23.2. The smallest absolute Gasteiger partial charge is 0.0275 e. The number of benzene rings is 4. The molecule has 40 heavy (non-hydrogen) atoms. The van der Waals surface area contributed by atoms with Crippen LogP contribution >= 0.6 is 0 Å². The normalized spacial score (nSPS) is 11.0. The first-order chi connectivity index (χ1) is 19.8. The van der Waals surface area contributed by atoms with E-state index in [0.717, 1.165) is 50.7 Å². The van der Waals surface area contributed by atoms with Gasteiger partial charge in [-0.15, -0.1) is 0 Å². The van der Waals surface area contributed by atoms with Gasteiger partial charge in [0.05, 0.1) is 5.69 Å². The molecule has 0 atom stereocenters. The molecule has 3 heterocycles. The molecule has 0 radical (unpaired) electrons. The van der Waals surface area contributed by atoms with E-state index in [4.69, 9.17) is 9.72 Å². The molecule has 7 rings (SSSR count). The van der Waals surface area contributed by atoms with Crippen molar-refractivity contribution in [3.8, 4) is 55.3 Å². The predicted molar refractivity (Wildman–Crippen MR) is 163 cm³/mol. The number of para-hydroxylation sites is 1. The third-order valence-corrected chi connectivity index (χ3v) is 8.93. The van der Waals surface area contributed by atoms with Gasteiger partial charge in [-0.2, -0.15) is 0 Å². The molecule has 0 spiro atoms. The Morgan fingerprint density at radius 1 is 0.475 bits per heavy atom. The zero-order chi connectivity index (χ0) is 26.7. The van der Waals surface area contributed by atoms with E-state index in [1.807, 2.05) is 79.0 Å². The summed E-state index contributed by atoms with van der Waals surface area (Å²) in [7, 11) is 0. The number of aromatic nitrogens is 3. The molecule has 5 heteroatoms. The Bertz CT molecular complexity index is 1880. The van der Waals surface area contributed by atoms with Crippen molar-refractivity contribution in [1.29, 1.82) is 0 Å². The second kappa shape index (κ2) is 10.7. The summed E-state index contributed by atoms with van der Waals surface area (Å²) in [6.45, 7) is 0. The zero-order valence-electron chi connectivity index (χ0n) is 21.4. The molecule has 4 aromatic carbocycles. The van der Waals surface area contributed by atoms with Crippen molar-refractivity contribution in [1.82, 2.24) is 15.0 Å². The quantitative estimate of drug-likeness (QED) is 0.185. The van der Waals surface area contributed by atoms with Crippen LogP contribution in [-0.2, 0) is 0 Å². The molecular formula is C35H23N3OSe. The first-order valence-electron chi connectivity index (χ1n) is 13.0. The first-order valence-corrected chi connectivity index (χ1v) is 14.7. The predicted octanol–water partition coefficient (Wildman–Crippen LogP) is 8.54. The van der Waals surface area contributed by atoms with E-state index in [1.54, 1.807) is 6.20 Å². The standard InChI is InChI=1S/C35H23N3OSe/c1-2-13-34-33(12-1)38-35(40-34)25-16-14-24(15-17-25)27-20-28(32-11-4-6-19-37-32)23-30(22-27)39-29-9-7-8-26(21-29)31-10-3-5-18-36-31/h1-23H. The molecule has 0 unspecified atom stereocenters. The number of rotatable bonds is 6. The van der Waals surface area contributed by atoms with Crippen LogP contribution in [0.3, 0.4) is 0 Å². The third kappa shape index (κ3) is 5.08. The van der Waals surface area contributed by atoms with Gasteiger partial charge in [-0.3, -0.25) is 4.98 Å². The molecule has 3 aromatic heterocycles. The van der Waals surface area contributed by atoms with Crippen LogP contribution in [0.5, 0.6) is 11.5 Å². The molecule has 0 amide bonds. The Labute approximate surface area is 238 Å². The van der Waals surface area contributed by atoms with Crippen molar-refractivity contribution in [2.24, 2.45) is 0 Å². The van der Waals surface area contributed by atoms with Crippen LogP contribution in [0, 0.1) is 0 Å². The number of pyridine rings is 2. The second-order valence-electron chi connectivity index (χ2n) is 9.37. The minimum absolute atomic E-state index is 0.224. The summed E-state index contributed by atoms with van der Waals surface area (Å²) >= 11 is 0.224. The average Bonchev–Trinajstić information content (AvgIpc) is 3.47. The monoisotopic (exact) mass is 581 g/mol. The van der Waals surface area contributed by atoms with Crippen LogP contribution in [0.4, 0.5) is 0 Å². The van der Waals surface area contributed by atoms with Crippen LogP contribution in [0.2, 0.25) is 0 Å². The van der Waals surface area contributed by atoms with Gasteiger partial charge in [-0.05, 0) is 12.1 Å². The molecule has 0 aliphatic heterocycles. The van der Waals surface area contributed by atoms with Crippen LogP contribution < -0.4 is 4.74 Å². The van der Waals surface area contributed by atoms with Gasteiger partial charge in [-0.1, -0.05) is 12.1 Å². The Kier molecular flexibility index (Phi) is 6.50. The van der Waals surface area contributed by atoms with Gasteiger partial charge in [0.2, 0.25) is 0 Å². The SMILES string of the molecule is c1ccc(-c2cccc(Oc3cc(-c4ccc(-c5nc6ccccc6[se]5)cc4)cc(-c4ccccn4)c3)c2)nc1. The summed E-state index contributed by atoms with van der Waals surface area (Å²) < 4.78 is 8.94. The van der Waals surface area contributed by atoms with E-state index >= 15 is 0 Å². The molecule has 0 bridgehead atoms.